The Morgan fingerprint density at radius 3 is 3.00 bits per heavy atom. The van der Waals surface area contributed by atoms with Crippen LogP contribution < -0.4 is 0 Å². The van der Waals surface area contributed by atoms with Gasteiger partial charge in [-0.15, -0.1) is 23.1 Å². The smallest absolute Gasteiger partial charge is 0.116 e. The number of phenolic OH excluding ortho intramolecular Hbond substituents is 1. The molecule has 0 amide bonds. The van der Waals surface area contributed by atoms with Gasteiger partial charge in [-0.1, -0.05) is 6.07 Å². The molecule has 0 aliphatic heterocycles. The summed E-state index contributed by atoms with van der Waals surface area (Å²) in [7, 11) is 0. The Hall–Kier alpha value is -1.000. The lowest BCUT2D eigenvalue weighted by molar-refractivity contribution is 0.474. The molecule has 0 aliphatic carbocycles. The van der Waals surface area contributed by atoms with Crippen molar-refractivity contribution in [2.24, 2.45) is 0 Å². The minimum atomic E-state index is 0.314. The lowest BCUT2D eigenvalue weighted by atomic mass is 10.3. The number of rotatable bonds is 3. The Morgan fingerprint density at radius 2 is 2.33 bits per heavy atom. The molecule has 1 aromatic heterocycles. The van der Waals surface area contributed by atoms with Crippen LogP contribution in [0.15, 0.2) is 34.5 Å². The Labute approximate surface area is 97.0 Å². The van der Waals surface area contributed by atoms with Crippen LogP contribution in [0.4, 0.5) is 0 Å². The van der Waals surface area contributed by atoms with Gasteiger partial charge in [-0.3, -0.25) is 0 Å². The molecule has 1 N–H and O–H groups in total. The zero-order valence-electron chi connectivity index (χ0n) is 8.30. The van der Waals surface area contributed by atoms with Gasteiger partial charge in [0.25, 0.3) is 0 Å². The third kappa shape index (κ3) is 2.97. The van der Waals surface area contributed by atoms with Gasteiger partial charge < -0.3 is 5.11 Å². The zero-order valence-corrected chi connectivity index (χ0v) is 9.94. The summed E-state index contributed by atoms with van der Waals surface area (Å²) >= 11 is 3.35. The second-order valence-corrected chi connectivity index (χ2v) is 5.25. The number of nitrogens with zero attached hydrogens (tertiary/aromatic N) is 1. The molecule has 2 rings (SSSR count). The van der Waals surface area contributed by atoms with Crippen molar-refractivity contribution in [1.29, 1.82) is 0 Å². The minimum absolute atomic E-state index is 0.314. The number of phenols is 1. The number of hydrogen-bond donors (Lipinski definition) is 1. The van der Waals surface area contributed by atoms with E-state index in [1.165, 1.54) is 0 Å². The predicted octanol–water partition coefficient (Wildman–Crippen LogP) is 3.45. The molecule has 4 heteroatoms. The molecule has 0 unspecified atom stereocenters. The largest absolute Gasteiger partial charge is 0.508 e. The third-order valence-corrected chi connectivity index (χ3v) is 3.72. The van der Waals surface area contributed by atoms with Gasteiger partial charge in [0, 0.05) is 16.0 Å². The van der Waals surface area contributed by atoms with Crippen LogP contribution in [-0.2, 0) is 5.75 Å². The van der Waals surface area contributed by atoms with E-state index >= 15 is 0 Å². The first-order valence-electron chi connectivity index (χ1n) is 4.57. The van der Waals surface area contributed by atoms with Gasteiger partial charge in [0.2, 0.25) is 0 Å². The molecular weight excluding hydrogens is 226 g/mol. The molecule has 0 saturated carbocycles. The van der Waals surface area contributed by atoms with E-state index in [-0.39, 0.29) is 0 Å². The number of hydrogen-bond acceptors (Lipinski definition) is 4. The number of aromatic hydroxyl groups is 1. The van der Waals surface area contributed by atoms with Crippen LogP contribution in [0, 0.1) is 6.92 Å². The summed E-state index contributed by atoms with van der Waals surface area (Å²) in [5.41, 5.74) is 1.10. The SMILES string of the molecule is Cc1nc(CSc2cccc(O)c2)cs1. The molecule has 0 saturated heterocycles. The Balaban J connectivity index is 1.99. The fourth-order valence-electron chi connectivity index (χ4n) is 1.21. The van der Waals surface area contributed by atoms with Gasteiger partial charge >= 0.3 is 0 Å². The summed E-state index contributed by atoms with van der Waals surface area (Å²) in [6.45, 7) is 2.01. The van der Waals surface area contributed by atoms with E-state index in [2.05, 4.69) is 10.4 Å². The predicted molar refractivity (Wildman–Crippen MR) is 64.5 cm³/mol. The highest BCUT2D eigenvalue weighted by Gasteiger charge is 2.00. The summed E-state index contributed by atoms with van der Waals surface area (Å²) in [5, 5.41) is 12.5. The quantitative estimate of drug-likeness (QED) is 0.830. The molecule has 0 radical (unpaired) electrons. The Bertz CT molecular complexity index is 453. The van der Waals surface area contributed by atoms with E-state index in [1.54, 1.807) is 35.2 Å². The highest BCUT2D eigenvalue weighted by atomic mass is 32.2. The van der Waals surface area contributed by atoms with E-state index in [9.17, 15) is 5.11 Å². The summed E-state index contributed by atoms with van der Waals surface area (Å²) in [5.74, 6) is 1.17. The molecule has 78 valence electrons. The molecule has 1 aromatic carbocycles. The maximum atomic E-state index is 9.29. The average Bonchev–Trinajstić information content (AvgIpc) is 2.62. The van der Waals surface area contributed by atoms with Crippen molar-refractivity contribution in [3.63, 3.8) is 0 Å². The van der Waals surface area contributed by atoms with Crippen molar-refractivity contribution >= 4 is 23.1 Å². The average molecular weight is 237 g/mol. The zero-order chi connectivity index (χ0) is 10.7. The van der Waals surface area contributed by atoms with Gasteiger partial charge in [0.1, 0.15) is 5.75 Å². The van der Waals surface area contributed by atoms with E-state index < -0.39 is 0 Å². The molecule has 2 nitrogen and oxygen atoms in total. The summed E-state index contributed by atoms with van der Waals surface area (Å²) in [6.07, 6.45) is 0. The molecule has 15 heavy (non-hydrogen) atoms. The maximum absolute atomic E-state index is 9.29. The van der Waals surface area contributed by atoms with E-state index in [4.69, 9.17) is 0 Å². The van der Waals surface area contributed by atoms with Gasteiger partial charge in [0.05, 0.1) is 10.7 Å². The monoisotopic (exact) mass is 237 g/mol. The van der Waals surface area contributed by atoms with Crippen LogP contribution in [0.2, 0.25) is 0 Å². The molecule has 0 aliphatic rings. The highest BCUT2D eigenvalue weighted by Crippen LogP contribution is 2.25. The van der Waals surface area contributed by atoms with Crippen LogP contribution in [0.25, 0.3) is 0 Å². The van der Waals surface area contributed by atoms with Crippen LogP contribution in [-0.4, -0.2) is 10.1 Å². The normalized spacial score (nSPS) is 10.5. The summed E-state index contributed by atoms with van der Waals surface area (Å²) < 4.78 is 0. The van der Waals surface area contributed by atoms with Crippen molar-refractivity contribution in [2.75, 3.05) is 0 Å². The lowest BCUT2D eigenvalue weighted by Crippen LogP contribution is -1.80. The van der Waals surface area contributed by atoms with Crippen LogP contribution in [0.3, 0.4) is 0 Å². The van der Waals surface area contributed by atoms with Gasteiger partial charge in [-0.25, -0.2) is 4.98 Å². The fourth-order valence-corrected chi connectivity index (χ4v) is 2.76. The third-order valence-electron chi connectivity index (χ3n) is 1.87. The summed E-state index contributed by atoms with van der Waals surface area (Å²) in [6, 6.07) is 7.29. The first-order chi connectivity index (χ1) is 7.24. The van der Waals surface area contributed by atoms with Gasteiger partial charge in [0.15, 0.2) is 0 Å². The number of thiazole rings is 1. The van der Waals surface area contributed by atoms with E-state index in [1.807, 2.05) is 19.1 Å². The minimum Gasteiger partial charge on any atom is -0.508 e. The van der Waals surface area contributed by atoms with Gasteiger partial charge in [-0.05, 0) is 25.1 Å². The Morgan fingerprint density at radius 1 is 1.47 bits per heavy atom. The molecule has 0 atom stereocenters. The van der Waals surface area contributed by atoms with Crippen molar-refractivity contribution in [3.05, 3.63) is 40.3 Å². The molecule has 0 fully saturated rings. The first kappa shape index (κ1) is 10.5. The molecule has 1 heterocycles. The van der Waals surface area contributed by atoms with Crippen molar-refractivity contribution in [1.82, 2.24) is 4.98 Å². The Kier molecular flexibility index (Phi) is 3.28. The number of thioether (sulfide) groups is 1. The second-order valence-electron chi connectivity index (χ2n) is 3.14. The molecule has 0 spiro atoms. The standard InChI is InChI=1S/C11H11NOS2/c1-8-12-9(6-14-8)7-15-11-4-2-3-10(13)5-11/h2-6,13H,7H2,1H3. The lowest BCUT2D eigenvalue weighted by Gasteiger charge is -1.99. The molecular formula is C11H11NOS2. The summed E-state index contributed by atoms with van der Waals surface area (Å²) in [4.78, 5) is 5.45. The highest BCUT2D eigenvalue weighted by molar-refractivity contribution is 7.98. The van der Waals surface area contributed by atoms with Crippen LogP contribution in [0.1, 0.15) is 10.7 Å². The van der Waals surface area contributed by atoms with Crippen LogP contribution >= 0.6 is 23.1 Å². The van der Waals surface area contributed by atoms with E-state index in [0.717, 1.165) is 21.3 Å². The van der Waals surface area contributed by atoms with Crippen LogP contribution in [0.5, 0.6) is 5.75 Å². The van der Waals surface area contributed by atoms with Crippen molar-refractivity contribution < 1.29 is 5.11 Å². The van der Waals surface area contributed by atoms with Crippen molar-refractivity contribution in [2.45, 2.75) is 17.6 Å². The number of benzene rings is 1. The molecule has 2 aromatic rings. The first-order valence-corrected chi connectivity index (χ1v) is 6.43. The van der Waals surface area contributed by atoms with Gasteiger partial charge in [-0.2, -0.15) is 0 Å². The fraction of sp³-hybridized carbons (Fsp3) is 0.182. The topological polar surface area (TPSA) is 33.1 Å². The second kappa shape index (κ2) is 4.68. The maximum Gasteiger partial charge on any atom is 0.116 e. The number of aromatic nitrogens is 1. The van der Waals surface area contributed by atoms with E-state index in [0.29, 0.717) is 5.75 Å². The molecule has 0 bridgehead atoms. The number of aryl methyl sites for hydroxylation is 1. The van der Waals surface area contributed by atoms with Crippen molar-refractivity contribution in [3.8, 4) is 5.75 Å².